The highest BCUT2D eigenvalue weighted by Crippen LogP contribution is 2.40. The van der Waals surface area contributed by atoms with Crippen LogP contribution >= 0.6 is 0 Å². The molecule has 0 spiro atoms. The number of rotatable bonds is 6. The van der Waals surface area contributed by atoms with E-state index in [2.05, 4.69) is 10.1 Å². The van der Waals surface area contributed by atoms with Crippen molar-refractivity contribution in [2.45, 2.75) is 64.1 Å². The predicted molar refractivity (Wildman–Crippen MR) is 102 cm³/mol. The molecule has 0 radical (unpaired) electrons. The van der Waals surface area contributed by atoms with Gasteiger partial charge in [-0.05, 0) is 49.4 Å². The van der Waals surface area contributed by atoms with E-state index in [1.807, 2.05) is 6.92 Å². The smallest absolute Gasteiger partial charge is 0.326 e. The van der Waals surface area contributed by atoms with Crippen molar-refractivity contribution >= 4 is 11.9 Å². The van der Waals surface area contributed by atoms with Crippen molar-refractivity contribution in [2.24, 2.45) is 5.92 Å². The van der Waals surface area contributed by atoms with Crippen molar-refractivity contribution in [3.63, 3.8) is 0 Å². The minimum absolute atomic E-state index is 0.0271. The Morgan fingerprint density at radius 3 is 2.69 bits per heavy atom. The number of amides is 1. The number of likely N-dealkylation sites (tertiary alicyclic amines) is 1. The van der Waals surface area contributed by atoms with Crippen LogP contribution in [-0.4, -0.2) is 44.1 Å². The summed E-state index contributed by atoms with van der Waals surface area (Å²) >= 11 is 0. The van der Waals surface area contributed by atoms with Gasteiger partial charge in [0.15, 0.2) is 6.61 Å². The van der Waals surface area contributed by atoms with Crippen molar-refractivity contribution in [1.29, 1.82) is 0 Å². The maximum Gasteiger partial charge on any atom is 0.326 e. The molecule has 0 unspecified atom stereocenters. The van der Waals surface area contributed by atoms with Crippen LogP contribution in [-0.2, 0) is 17.8 Å². The number of nitrogens with zero attached hydrogens (tertiary/aromatic N) is 3. The number of fused-ring (bicyclic) bond motifs is 1. The van der Waals surface area contributed by atoms with Gasteiger partial charge in [-0.2, -0.15) is 4.98 Å². The molecule has 8 heteroatoms. The molecule has 2 fully saturated rings. The van der Waals surface area contributed by atoms with Gasteiger partial charge < -0.3 is 19.3 Å². The summed E-state index contributed by atoms with van der Waals surface area (Å²) in [6.45, 7) is 2.10. The van der Waals surface area contributed by atoms with Gasteiger partial charge in [-0.15, -0.1) is 0 Å². The molecule has 1 saturated carbocycles. The monoisotopic (exact) mass is 399 g/mol. The zero-order chi connectivity index (χ0) is 20.4. The lowest BCUT2D eigenvalue weighted by Gasteiger charge is -2.33. The first kappa shape index (κ1) is 19.4. The lowest BCUT2D eigenvalue weighted by atomic mass is 9.84. The number of carbonyl (C=O) groups is 2. The lowest BCUT2D eigenvalue weighted by molar-refractivity contribution is -0.141. The van der Waals surface area contributed by atoms with Gasteiger partial charge in [-0.25, -0.2) is 4.79 Å². The van der Waals surface area contributed by atoms with Crippen LogP contribution < -0.4 is 4.74 Å². The molecule has 154 valence electrons. The van der Waals surface area contributed by atoms with Crippen LogP contribution in [0.15, 0.2) is 28.8 Å². The molecule has 2 aliphatic rings. The van der Waals surface area contributed by atoms with Crippen LogP contribution in [0.1, 0.15) is 61.1 Å². The molecular formula is C21H25N3O5. The van der Waals surface area contributed by atoms with Gasteiger partial charge >= 0.3 is 5.97 Å². The maximum absolute atomic E-state index is 13.1. The third-order valence-corrected chi connectivity index (χ3v) is 5.89. The number of carboxylic acids is 1. The molecule has 1 aromatic carbocycles. The van der Waals surface area contributed by atoms with Crippen molar-refractivity contribution in [1.82, 2.24) is 15.0 Å². The number of aryl methyl sites for hydroxylation is 1. The molecule has 4 rings (SSSR count). The number of aromatic nitrogens is 2. The molecule has 1 aliphatic heterocycles. The zero-order valence-corrected chi connectivity index (χ0v) is 16.4. The molecule has 2 aromatic rings. The maximum atomic E-state index is 13.1. The highest BCUT2D eigenvalue weighted by Gasteiger charge is 2.47. The fraction of sp³-hybridized carbons (Fsp3) is 0.524. The Hall–Kier alpha value is -2.90. The van der Waals surface area contributed by atoms with Crippen LogP contribution in [0.3, 0.4) is 0 Å². The number of benzene rings is 1. The van der Waals surface area contributed by atoms with E-state index < -0.39 is 12.0 Å². The van der Waals surface area contributed by atoms with Gasteiger partial charge in [-0.3, -0.25) is 4.79 Å². The SMILES string of the molecule is CCc1nc(COc2ccc(C(=O)N3[C@H](C(=O)O)C[C@H]4CCCC[C@@H]43)cc2)no1. The summed E-state index contributed by atoms with van der Waals surface area (Å²) in [5, 5.41) is 13.5. The first-order valence-corrected chi connectivity index (χ1v) is 10.2. The summed E-state index contributed by atoms with van der Waals surface area (Å²) in [5.41, 5.74) is 0.475. The van der Waals surface area contributed by atoms with Crippen molar-refractivity contribution in [3.8, 4) is 5.75 Å². The molecule has 1 aromatic heterocycles. The summed E-state index contributed by atoms with van der Waals surface area (Å²) in [5.74, 6) is 0.759. The molecule has 1 amide bonds. The van der Waals surface area contributed by atoms with E-state index in [4.69, 9.17) is 9.26 Å². The Balaban J connectivity index is 1.44. The molecule has 2 heterocycles. The van der Waals surface area contributed by atoms with Gasteiger partial charge in [0.25, 0.3) is 5.91 Å². The number of carboxylic acid groups (broad SMARTS) is 1. The number of carbonyl (C=O) groups excluding carboxylic acids is 1. The predicted octanol–water partition coefficient (Wildman–Crippen LogP) is 3.07. The standard InChI is InChI=1S/C21H25N3O5/c1-2-19-22-18(23-29-19)12-28-15-9-7-13(8-10-15)20(25)24-16-6-4-3-5-14(16)11-17(24)21(26)27/h7-10,14,16-17H,2-6,11-12H2,1H3,(H,26,27)/t14-,16+,17+/m1/s1. The highest BCUT2D eigenvalue weighted by molar-refractivity contribution is 5.97. The first-order valence-electron chi connectivity index (χ1n) is 10.2. The number of ether oxygens (including phenoxy) is 1. The molecule has 1 N–H and O–H groups in total. The molecule has 0 bridgehead atoms. The van der Waals surface area contributed by atoms with Crippen LogP contribution in [0.2, 0.25) is 0 Å². The van der Waals surface area contributed by atoms with Crippen LogP contribution in [0.25, 0.3) is 0 Å². The molecule has 8 nitrogen and oxygen atoms in total. The fourth-order valence-corrected chi connectivity index (χ4v) is 4.46. The topological polar surface area (TPSA) is 106 Å². The third kappa shape index (κ3) is 3.97. The quantitative estimate of drug-likeness (QED) is 0.796. The van der Waals surface area contributed by atoms with Crippen LogP contribution in [0.4, 0.5) is 0 Å². The molecule has 29 heavy (non-hydrogen) atoms. The molecule has 3 atom stereocenters. The third-order valence-electron chi connectivity index (χ3n) is 5.89. The van der Waals surface area contributed by atoms with Crippen LogP contribution in [0, 0.1) is 5.92 Å². The minimum Gasteiger partial charge on any atom is -0.485 e. The Morgan fingerprint density at radius 2 is 2.00 bits per heavy atom. The average Bonchev–Trinajstić information content (AvgIpc) is 3.36. The van der Waals surface area contributed by atoms with Gasteiger partial charge in [-0.1, -0.05) is 24.9 Å². The Kier molecular flexibility index (Phi) is 5.51. The Bertz CT molecular complexity index is 879. The summed E-state index contributed by atoms with van der Waals surface area (Å²) in [6, 6.07) is 6.06. The minimum atomic E-state index is -0.917. The normalized spacial score (nSPS) is 23.6. The summed E-state index contributed by atoms with van der Waals surface area (Å²) < 4.78 is 10.7. The molecule has 1 saturated heterocycles. The zero-order valence-electron chi connectivity index (χ0n) is 16.4. The lowest BCUT2D eigenvalue weighted by Crippen LogP contribution is -2.46. The van der Waals surface area contributed by atoms with Crippen LogP contribution in [0.5, 0.6) is 5.75 Å². The second-order valence-corrected chi connectivity index (χ2v) is 7.68. The van der Waals surface area contributed by atoms with Crippen molar-refractivity contribution in [2.75, 3.05) is 0 Å². The average molecular weight is 399 g/mol. The van der Waals surface area contributed by atoms with E-state index in [1.165, 1.54) is 0 Å². The first-order chi connectivity index (χ1) is 14.1. The Morgan fingerprint density at radius 1 is 1.24 bits per heavy atom. The van der Waals surface area contributed by atoms with E-state index in [9.17, 15) is 14.7 Å². The summed E-state index contributed by atoms with van der Waals surface area (Å²) in [7, 11) is 0. The largest absolute Gasteiger partial charge is 0.485 e. The second-order valence-electron chi connectivity index (χ2n) is 7.68. The number of hydrogen-bond donors (Lipinski definition) is 1. The van der Waals surface area contributed by atoms with E-state index in [0.717, 1.165) is 25.7 Å². The Labute approximate surface area is 168 Å². The van der Waals surface area contributed by atoms with E-state index in [0.29, 0.717) is 41.8 Å². The van der Waals surface area contributed by atoms with Crippen molar-refractivity contribution < 1.29 is 24.0 Å². The van der Waals surface area contributed by atoms with Gasteiger partial charge in [0.2, 0.25) is 11.7 Å². The summed E-state index contributed by atoms with van der Waals surface area (Å²) in [4.78, 5) is 30.7. The van der Waals surface area contributed by atoms with Crippen molar-refractivity contribution in [3.05, 3.63) is 41.5 Å². The van der Waals surface area contributed by atoms with Gasteiger partial charge in [0.1, 0.15) is 11.8 Å². The van der Waals surface area contributed by atoms with E-state index in [1.54, 1.807) is 29.2 Å². The van der Waals surface area contributed by atoms with Gasteiger partial charge in [0, 0.05) is 18.0 Å². The summed E-state index contributed by atoms with van der Waals surface area (Å²) in [6.07, 6.45) is 5.26. The second kappa shape index (κ2) is 8.23. The highest BCUT2D eigenvalue weighted by atomic mass is 16.5. The van der Waals surface area contributed by atoms with E-state index in [-0.39, 0.29) is 18.6 Å². The van der Waals surface area contributed by atoms with Gasteiger partial charge in [0.05, 0.1) is 0 Å². The molecule has 1 aliphatic carbocycles. The number of hydrogen-bond acceptors (Lipinski definition) is 6. The number of aliphatic carboxylic acids is 1. The fourth-order valence-electron chi connectivity index (χ4n) is 4.46. The molecular weight excluding hydrogens is 374 g/mol. The van der Waals surface area contributed by atoms with E-state index >= 15 is 0 Å².